The Kier molecular flexibility index (Phi) is 3.99. The van der Waals surface area contributed by atoms with E-state index in [1.165, 1.54) is 24.5 Å². The van der Waals surface area contributed by atoms with Gasteiger partial charge >= 0.3 is 0 Å². The fourth-order valence-corrected chi connectivity index (χ4v) is 2.38. The Hall–Kier alpha value is -2.41. The van der Waals surface area contributed by atoms with Crippen LogP contribution in [0.3, 0.4) is 0 Å². The van der Waals surface area contributed by atoms with E-state index in [-0.39, 0.29) is 4.90 Å². The van der Waals surface area contributed by atoms with Gasteiger partial charge in [0.1, 0.15) is 11.6 Å². The smallest absolute Gasteiger partial charge is 0.264 e. The summed E-state index contributed by atoms with van der Waals surface area (Å²) in [5.74, 6) is -1.15. The van der Waals surface area contributed by atoms with Crippen LogP contribution in [0.2, 0.25) is 0 Å². The van der Waals surface area contributed by atoms with Gasteiger partial charge in [-0.2, -0.15) is 0 Å². The van der Waals surface area contributed by atoms with E-state index in [0.29, 0.717) is 5.76 Å². The van der Waals surface area contributed by atoms with Crippen LogP contribution in [0.25, 0.3) is 6.08 Å². The van der Waals surface area contributed by atoms with Crippen molar-refractivity contribution in [2.75, 3.05) is 0 Å². The highest BCUT2D eigenvalue weighted by molar-refractivity contribution is 7.90. The van der Waals surface area contributed by atoms with Gasteiger partial charge in [-0.15, -0.1) is 0 Å². The molecule has 1 amide bonds. The number of benzene rings is 1. The summed E-state index contributed by atoms with van der Waals surface area (Å²) in [5, 5.41) is 0. The lowest BCUT2D eigenvalue weighted by molar-refractivity contribution is -0.114. The van der Waals surface area contributed by atoms with Gasteiger partial charge in [0.15, 0.2) is 0 Å². The molecule has 1 heterocycles. The first-order valence-electron chi connectivity index (χ1n) is 5.51. The first-order valence-corrected chi connectivity index (χ1v) is 7.00. The molecule has 0 spiro atoms. The monoisotopic (exact) mass is 295 g/mol. The lowest BCUT2D eigenvalue weighted by atomic mass is 10.4. The molecule has 0 aliphatic carbocycles. The molecule has 1 aromatic carbocycles. The second kappa shape index (κ2) is 5.70. The minimum Gasteiger partial charge on any atom is -0.465 e. The van der Waals surface area contributed by atoms with Crippen LogP contribution in [-0.4, -0.2) is 14.3 Å². The van der Waals surface area contributed by atoms with Gasteiger partial charge < -0.3 is 4.42 Å². The Morgan fingerprint density at radius 2 is 2.05 bits per heavy atom. The lowest BCUT2D eigenvalue weighted by Crippen LogP contribution is -2.29. The highest BCUT2D eigenvalue weighted by atomic mass is 32.2. The van der Waals surface area contributed by atoms with Crippen molar-refractivity contribution in [3.8, 4) is 0 Å². The second-order valence-electron chi connectivity index (χ2n) is 3.78. The fraction of sp³-hybridized carbons (Fsp3) is 0. The Morgan fingerprint density at radius 1 is 1.25 bits per heavy atom. The van der Waals surface area contributed by atoms with Crippen molar-refractivity contribution in [3.05, 3.63) is 60.3 Å². The number of amides is 1. The van der Waals surface area contributed by atoms with Crippen LogP contribution in [0.1, 0.15) is 5.76 Å². The molecule has 7 heteroatoms. The van der Waals surface area contributed by atoms with E-state index < -0.39 is 21.7 Å². The summed E-state index contributed by atoms with van der Waals surface area (Å²) >= 11 is 0. The predicted octanol–water partition coefficient (Wildman–Crippen LogP) is 1.94. The Bertz CT molecular complexity index is 735. The summed E-state index contributed by atoms with van der Waals surface area (Å²) in [6, 6.07) is 7.59. The molecule has 0 bridgehead atoms. The normalized spacial score (nSPS) is 11.7. The van der Waals surface area contributed by atoms with Crippen LogP contribution >= 0.6 is 0 Å². The lowest BCUT2D eigenvalue weighted by Gasteiger charge is -2.04. The molecule has 2 rings (SSSR count). The molecule has 0 radical (unpaired) electrons. The number of hydrogen-bond donors (Lipinski definition) is 1. The molecule has 1 aromatic heterocycles. The van der Waals surface area contributed by atoms with E-state index in [9.17, 15) is 17.6 Å². The van der Waals surface area contributed by atoms with Gasteiger partial charge in [0.25, 0.3) is 15.9 Å². The molecule has 0 saturated heterocycles. The van der Waals surface area contributed by atoms with E-state index in [1.54, 1.807) is 16.9 Å². The summed E-state index contributed by atoms with van der Waals surface area (Å²) in [6.45, 7) is 0. The SMILES string of the molecule is O=C(C=Cc1ccco1)NS(=O)(=O)c1cccc(F)c1. The van der Waals surface area contributed by atoms with Crippen molar-refractivity contribution in [2.45, 2.75) is 4.90 Å². The molecule has 104 valence electrons. The first-order chi connectivity index (χ1) is 9.47. The molecule has 1 N–H and O–H groups in total. The van der Waals surface area contributed by atoms with Gasteiger partial charge in [0.2, 0.25) is 0 Å². The average Bonchev–Trinajstić information content (AvgIpc) is 2.89. The quantitative estimate of drug-likeness (QED) is 0.874. The zero-order chi connectivity index (χ0) is 14.6. The van der Waals surface area contributed by atoms with E-state index in [2.05, 4.69) is 0 Å². The molecule has 0 fully saturated rings. The Balaban J connectivity index is 2.10. The molecular weight excluding hydrogens is 285 g/mol. The third-order valence-corrected chi connectivity index (χ3v) is 3.63. The molecule has 0 atom stereocenters. The second-order valence-corrected chi connectivity index (χ2v) is 5.46. The summed E-state index contributed by atoms with van der Waals surface area (Å²) in [7, 11) is -4.09. The van der Waals surface area contributed by atoms with Crippen LogP contribution in [0, 0.1) is 5.82 Å². The van der Waals surface area contributed by atoms with Crippen molar-refractivity contribution in [2.24, 2.45) is 0 Å². The largest absolute Gasteiger partial charge is 0.465 e. The molecule has 0 unspecified atom stereocenters. The van der Waals surface area contributed by atoms with Gasteiger partial charge in [0.05, 0.1) is 11.2 Å². The summed E-state index contributed by atoms with van der Waals surface area (Å²) < 4.78 is 43.3. The predicted molar refractivity (Wildman–Crippen MR) is 69.5 cm³/mol. The number of furan rings is 1. The number of halogens is 1. The van der Waals surface area contributed by atoms with Gasteiger partial charge in [-0.3, -0.25) is 4.79 Å². The van der Waals surface area contributed by atoms with E-state index in [1.807, 2.05) is 0 Å². The number of rotatable bonds is 4. The fourth-order valence-electron chi connectivity index (χ4n) is 1.40. The molecule has 0 aliphatic heterocycles. The van der Waals surface area contributed by atoms with E-state index in [4.69, 9.17) is 4.42 Å². The van der Waals surface area contributed by atoms with Gasteiger partial charge in [0, 0.05) is 6.08 Å². The minimum absolute atomic E-state index is 0.322. The van der Waals surface area contributed by atoms with Crippen molar-refractivity contribution < 1.29 is 22.0 Å². The maximum absolute atomic E-state index is 13.0. The van der Waals surface area contributed by atoms with Gasteiger partial charge in [-0.1, -0.05) is 6.07 Å². The number of carbonyl (C=O) groups is 1. The number of hydrogen-bond acceptors (Lipinski definition) is 4. The zero-order valence-electron chi connectivity index (χ0n) is 10.1. The van der Waals surface area contributed by atoms with Gasteiger partial charge in [-0.25, -0.2) is 17.5 Å². The highest BCUT2D eigenvalue weighted by Gasteiger charge is 2.16. The highest BCUT2D eigenvalue weighted by Crippen LogP contribution is 2.10. The number of nitrogens with one attached hydrogen (secondary N) is 1. The first kappa shape index (κ1) is 14.0. The van der Waals surface area contributed by atoms with Crippen molar-refractivity contribution >= 4 is 22.0 Å². The van der Waals surface area contributed by atoms with Crippen LogP contribution in [-0.2, 0) is 14.8 Å². The van der Waals surface area contributed by atoms with Crippen molar-refractivity contribution in [1.29, 1.82) is 0 Å². The third kappa shape index (κ3) is 3.55. The number of sulfonamides is 1. The van der Waals surface area contributed by atoms with Gasteiger partial charge in [-0.05, 0) is 36.4 Å². The molecule has 5 nitrogen and oxygen atoms in total. The van der Waals surface area contributed by atoms with E-state index in [0.717, 1.165) is 18.2 Å². The average molecular weight is 295 g/mol. The maximum Gasteiger partial charge on any atom is 0.264 e. The maximum atomic E-state index is 13.0. The topological polar surface area (TPSA) is 76.4 Å². The minimum atomic E-state index is -4.09. The summed E-state index contributed by atoms with van der Waals surface area (Å²) in [5.41, 5.74) is 0. The molecule has 20 heavy (non-hydrogen) atoms. The van der Waals surface area contributed by atoms with Crippen molar-refractivity contribution in [3.63, 3.8) is 0 Å². The number of carbonyl (C=O) groups excluding carboxylic acids is 1. The Labute approximate surface area is 114 Å². The third-order valence-electron chi connectivity index (χ3n) is 2.28. The standard InChI is InChI=1S/C13H10FNO4S/c14-10-3-1-5-12(9-10)20(17,18)15-13(16)7-6-11-4-2-8-19-11/h1-9H,(H,15,16). The van der Waals surface area contributed by atoms with Crippen LogP contribution in [0.5, 0.6) is 0 Å². The zero-order valence-corrected chi connectivity index (χ0v) is 10.9. The summed E-state index contributed by atoms with van der Waals surface area (Å²) in [6.07, 6.45) is 3.74. The van der Waals surface area contributed by atoms with E-state index >= 15 is 0 Å². The molecule has 2 aromatic rings. The Morgan fingerprint density at radius 3 is 2.70 bits per heavy atom. The van der Waals surface area contributed by atoms with Crippen LogP contribution < -0.4 is 4.72 Å². The van der Waals surface area contributed by atoms with Crippen LogP contribution in [0.4, 0.5) is 4.39 Å². The molecule has 0 saturated carbocycles. The van der Waals surface area contributed by atoms with Crippen LogP contribution in [0.15, 0.2) is 58.1 Å². The summed E-state index contributed by atoms with van der Waals surface area (Å²) in [4.78, 5) is 11.2. The molecule has 0 aliphatic rings. The molecular formula is C13H10FNO4S. The van der Waals surface area contributed by atoms with Crippen molar-refractivity contribution in [1.82, 2.24) is 4.72 Å².